The van der Waals surface area contributed by atoms with Crippen LogP contribution in [0, 0.1) is 13.8 Å². The highest BCUT2D eigenvalue weighted by atomic mass is 19.4. The van der Waals surface area contributed by atoms with Gasteiger partial charge in [-0.3, -0.25) is 14.4 Å². The summed E-state index contributed by atoms with van der Waals surface area (Å²) in [6, 6.07) is 10.3. The molecule has 2 aromatic carbocycles. The summed E-state index contributed by atoms with van der Waals surface area (Å²) in [4.78, 5) is 39.8. The number of benzene rings is 2. The van der Waals surface area contributed by atoms with Crippen molar-refractivity contribution in [3.05, 3.63) is 82.2 Å². The molecule has 166 valence electrons. The molecule has 0 aliphatic carbocycles. The molecule has 1 aromatic heterocycles. The highest BCUT2D eigenvalue weighted by molar-refractivity contribution is 6.09. The van der Waals surface area contributed by atoms with E-state index in [0.29, 0.717) is 22.5 Å². The van der Waals surface area contributed by atoms with Gasteiger partial charge in [0.25, 0.3) is 11.8 Å². The van der Waals surface area contributed by atoms with Crippen molar-refractivity contribution < 1.29 is 27.6 Å². The number of alkyl halides is 3. The van der Waals surface area contributed by atoms with Gasteiger partial charge in [-0.2, -0.15) is 13.2 Å². The Morgan fingerprint density at radius 3 is 2.06 bits per heavy atom. The lowest BCUT2D eigenvalue weighted by atomic mass is 10.1. The molecule has 0 aliphatic rings. The number of hydrogen-bond acceptors (Lipinski definition) is 3. The molecule has 1 heterocycles. The number of carbonyl (C=O) groups is 3. The standard InChI is InChI=1S/C23H20F3N3O3/c1-12-19(14(3)30)13(2)27-20(12)22(32)29-17-8-4-6-15(10-17)21(31)28-18-9-5-7-16(11-18)23(24,25)26/h4-11,27H,1-3H3,(H,28,31)(H,29,32). The van der Waals surface area contributed by atoms with Crippen molar-refractivity contribution in [2.75, 3.05) is 10.6 Å². The maximum atomic E-state index is 12.9. The number of rotatable bonds is 5. The summed E-state index contributed by atoms with van der Waals surface area (Å²) in [5, 5.41) is 5.08. The van der Waals surface area contributed by atoms with Gasteiger partial charge in [-0.25, -0.2) is 0 Å². The Morgan fingerprint density at radius 2 is 1.47 bits per heavy atom. The molecule has 32 heavy (non-hydrogen) atoms. The lowest BCUT2D eigenvalue weighted by Crippen LogP contribution is -2.16. The Balaban J connectivity index is 1.77. The largest absolute Gasteiger partial charge is 0.416 e. The van der Waals surface area contributed by atoms with Crippen LogP contribution in [0.1, 0.15) is 54.9 Å². The van der Waals surface area contributed by atoms with Crippen molar-refractivity contribution in [1.82, 2.24) is 4.98 Å². The SMILES string of the molecule is CC(=O)c1c(C)[nH]c(C(=O)Nc2cccc(C(=O)Nc3cccc(C(F)(F)F)c3)c2)c1C. The third-order valence-corrected chi connectivity index (χ3v) is 4.85. The van der Waals surface area contributed by atoms with Gasteiger partial charge in [0.05, 0.1) is 5.56 Å². The highest BCUT2D eigenvalue weighted by Crippen LogP contribution is 2.30. The van der Waals surface area contributed by atoms with E-state index in [1.807, 2.05) is 0 Å². The van der Waals surface area contributed by atoms with Crippen LogP contribution in [0.3, 0.4) is 0 Å². The van der Waals surface area contributed by atoms with Gasteiger partial charge in [-0.1, -0.05) is 12.1 Å². The van der Waals surface area contributed by atoms with Crippen LogP contribution >= 0.6 is 0 Å². The number of Topliss-reactive ketones (excluding diaryl/α,β-unsaturated/α-hetero) is 1. The zero-order chi connectivity index (χ0) is 23.6. The van der Waals surface area contributed by atoms with Crippen LogP contribution in [0.25, 0.3) is 0 Å². The predicted octanol–water partition coefficient (Wildman–Crippen LogP) is 5.36. The molecule has 0 fully saturated rings. The van der Waals surface area contributed by atoms with Crippen molar-refractivity contribution >= 4 is 29.0 Å². The lowest BCUT2D eigenvalue weighted by molar-refractivity contribution is -0.137. The molecule has 2 amide bonds. The molecule has 6 nitrogen and oxygen atoms in total. The van der Waals surface area contributed by atoms with Gasteiger partial charge in [0.1, 0.15) is 5.69 Å². The first-order valence-electron chi connectivity index (χ1n) is 9.57. The van der Waals surface area contributed by atoms with Gasteiger partial charge in [-0.05, 0) is 62.7 Å². The molecule has 0 bridgehead atoms. The van der Waals surface area contributed by atoms with Crippen LogP contribution in [0.4, 0.5) is 24.5 Å². The minimum absolute atomic E-state index is 0.00601. The van der Waals surface area contributed by atoms with Crippen LogP contribution in [-0.4, -0.2) is 22.6 Å². The number of nitrogens with one attached hydrogen (secondary N) is 3. The van der Waals surface area contributed by atoms with Crippen LogP contribution < -0.4 is 10.6 Å². The van der Waals surface area contributed by atoms with Crippen molar-refractivity contribution in [3.63, 3.8) is 0 Å². The van der Waals surface area contributed by atoms with Gasteiger partial charge in [0, 0.05) is 28.2 Å². The van der Waals surface area contributed by atoms with Crippen LogP contribution in [0.5, 0.6) is 0 Å². The molecular formula is C23H20F3N3O3. The maximum Gasteiger partial charge on any atom is 0.416 e. The number of anilines is 2. The zero-order valence-corrected chi connectivity index (χ0v) is 17.5. The first kappa shape index (κ1) is 22.8. The van der Waals surface area contributed by atoms with E-state index in [4.69, 9.17) is 0 Å². The highest BCUT2D eigenvalue weighted by Gasteiger charge is 2.30. The van der Waals surface area contributed by atoms with E-state index in [9.17, 15) is 27.6 Å². The molecule has 3 rings (SSSR count). The molecule has 0 atom stereocenters. The molecule has 0 saturated carbocycles. The minimum atomic E-state index is -4.53. The Labute approximate surface area is 181 Å². The van der Waals surface area contributed by atoms with E-state index in [0.717, 1.165) is 12.1 Å². The molecule has 9 heteroatoms. The Bertz CT molecular complexity index is 1210. The number of aromatic nitrogens is 1. The minimum Gasteiger partial charge on any atom is -0.354 e. The molecule has 0 spiro atoms. The van der Waals surface area contributed by atoms with Crippen molar-refractivity contribution in [1.29, 1.82) is 0 Å². The second-order valence-electron chi connectivity index (χ2n) is 7.25. The number of aromatic amines is 1. The second-order valence-corrected chi connectivity index (χ2v) is 7.25. The summed E-state index contributed by atoms with van der Waals surface area (Å²) >= 11 is 0. The van der Waals surface area contributed by atoms with E-state index in [2.05, 4.69) is 15.6 Å². The van der Waals surface area contributed by atoms with Gasteiger partial charge < -0.3 is 15.6 Å². The van der Waals surface area contributed by atoms with Crippen LogP contribution in [-0.2, 0) is 6.18 Å². The Kier molecular flexibility index (Phi) is 6.20. The lowest BCUT2D eigenvalue weighted by Gasteiger charge is -2.11. The number of amides is 2. The maximum absolute atomic E-state index is 12.9. The fourth-order valence-corrected chi connectivity index (χ4v) is 3.41. The fraction of sp³-hybridized carbons (Fsp3) is 0.174. The van der Waals surface area contributed by atoms with E-state index < -0.39 is 23.6 Å². The van der Waals surface area contributed by atoms with Gasteiger partial charge in [0.2, 0.25) is 0 Å². The Morgan fingerprint density at radius 1 is 0.875 bits per heavy atom. The summed E-state index contributed by atoms with van der Waals surface area (Å²) in [6.07, 6.45) is -4.53. The monoisotopic (exact) mass is 443 g/mol. The topological polar surface area (TPSA) is 91.1 Å². The summed E-state index contributed by atoms with van der Waals surface area (Å²) in [5.74, 6) is -1.29. The normalized spacial score (nSPS) is 11.2. The zero-order valence-electron chi connectivity index (χ0n) is 17.5. The number of hydrogen-bond donors (Lipinski definition) is 3. The second kappa shape index (κ2) is 8.70. The number of carbonyl (C=O) groups excluding carboxylic acids is 3. The predicted molar refractivity (Wildman–Crippen MR) is 114 cm³/mol. The van der Waals surface area contributed by atoms with E-state index in [1.165, 1.54) is 37.3 Å². The average molecular weight is 443 g/mol. The molecular weight excluding hydrogens is 423 g/mol. The molecule has 3 aromatic rings. The van der Waals surface area contributed by atoms with E-state index in [1.54, 1.807) is 19.9 Å². The third-order valence-electron chi connectivity index (χ3n) is 4.85. The van der Waals surface area contributed by atoms with Crippen LogP contribution in [0.15, 0.2) is 48.5 Å². The Hall–Kier alpha value is -3.88. The molecule has 0 unspecified atom stereocenters. The van der Waals surface area contributed by atoms with Crippen molar-refractivity contribution in [2.45, 2.75) is 26.9 Å². The van der Waals surface area contributed by atoms with E-state index in [-0.39, 0.29) is 22.7 Å². The number of aryl methyl sites for hydroxylation is 1. The smallest absolute Gasteiger partial charge is 0.354 e. The average Bonchev–Trinajstić information content (AvgIpc) is 3.02. The first-order valence-corrected chi connectivity index (χ1v) is 9.57. The van der Waals surface area contributed by atoms with E-state index >= 15 is 0 Å². The van der Waals surface area contributed by atoms with Crippen molar-refractivity contribution in [2.24, 2.45) is 0 Å². The van der Waals surface area contributed by atoms with Gasteiger partial charge in [0.15, 0.2) is 5.78 Å². The summed E-state index contributed by atoms with van der Waals surface area (Å²) in [6.45, 7) is 4.77. The number of ketones is 1. The van der Waals surface area contributed by atoms with Gasteiger partial charge in [-0.15, -0.1) is 0 Å². The molecule has 0 aliphatic heterocycles. The summed E-state index contributed by atoms with van der Waals surface area (Å²) in [7, 11) is 0. The molecule has 3 N–H and O–H groups in total. The summed E-state index contributed by atoms with van der Waals surface area (Å²) in [5.41, 5.74) is 1.34. The third kappa shape index (κ3) is 4.88. The number of halogens is 3. The van der Waals surface area contributed by atoms with Gasteiger partial charge >= 0.3 is 6.18 Å². The molecule has 0 saturated heterocycles. The number of H-pyrrole nitrogens is 1. The first-order chi connectivity index (χ1) is 15.0. The van der Waals surface area contributed by atoms with Crippen LogP contribution in [0.2, 0.25) is 0 Å². The molecule has 0 radical (unpaired) electrons. The van der Waals surface area contributed by atoms with Crippen molar-refractivity contribution in [3.8, 4) is 0 Å². The fourth-order valence-electron chi connectivity index (χ4n) is 3.41. The quantitative estimate of drug-likeness (QED) is 0.464. The summed E-state index contributed by atoms with van der Waals surface area (Å²) < 4.78 is 38.6.